The lowest BCUT2D eigenvalue weighted by Crippen LogP contribution is -2.36. The van der Waals surface area contributed by atoms with E-state index in [-0.39, 0.29) is 24.0 Å². The van der Waals surface area contributed by atoms with E-state index in [4.69, 9.17) is 9.15 Å². The normalized spacial score (nSPS) is 14.6. The van der Waals surface area contributed by atoms with Gasteiger partial charge in [0, 0.05) is 18.8 Å². The molecule has 28 heavy (non-hydrogen) atoms. The summed E-state index contributed by atoms with van der Waals surface area (Å²) in [6, 6.07) is 3.95. The molecule has 0 atom stereocenters. The zero-order valence-electron chi connectivity index (χ0n) is 16.8. The van der Waals surface area contributed by atoms with Crippen LogP contribution in [0.15, 0.2) is 27.7 Å². The molecule has 0 radical (unpaired) electrons. The lowest BCUT2D eigenvalue weighted by molar-refractivity contribution is 0.201. The summed E-state index contributed by atoms with van der Waals surface area (Å²) in [5, 5.41) is 6.50. The van der Waals surface area contributed by atoms with E-state index in [1.54, 1.807) is 6.20 Å². The SMILES string of the molecule is CCNC(=NCc1ccnc(OC2CCCC2)c1)NCc1nc(C)c(C)o1.I. The van der Waals surface area contributed by atoms with Gasteiger partial charge in [-0.25, -0.2) is 15.0 Å². The smallest absolute Gasteiger partial charge is 0.214 e. The number of ether oxygens (including phenoxy) is 1. The fraction of sp³-hybridized carbons (Fsp3) is 0.550. The molecule has 2 heterocycles. The van der Waals surface area contributed by atoms with Crippen LogP contribution in [-0.4, -0.2) is 28.6 Å². The van der Waals surface area contributed by atoms with Crippen molar-refractivity contribution in [3.05, 3.63) is 41.2 Å². The van der Waals surface area contributed by atoms with E-state index >= 15 is 0 Å². The van der Waals surface area contributed by atoms with Crippen molar-refractivity contribution in [3.8, 4) is 5.88 Å². The van der Waals surface area contributed by atoms with Gasteiger partial charge in [-0.1, -0.05) is 0 Å². The highest BCUT2D eigenvalue weighted by molar-refractivity contribution is 14.0. The summed E-state index contributed by atoms with van der Waals surface area (Å²) < 4.78 is 11.6. The molecule has 0 saturated heterocycles. The number of halogens is 1. The molecule has 0 aromatic carbocycles. The third-order valence-corrected chi connectivity index (χ3v) is 4.63. The summed E-state index contributed by atoms with van der Waals surface area (Å²) in [6.07, 6.45) is 6.83. The van der Waals surface area contributed by atoms with Crippen molar-refractivity contribution in [2.45, 2.75) is 65.6 Å². The third kappa shape index (κ3) is 6.65. The average Bonchev–Trinajstić information content (AvgIpc) is 3.28. The standard InChI is InChI=1S/C20H29N5O2.HI/c1-4-21-20(24-13-19-25-14(2)15(3)26-19)23-12-16-9-10-22-18(11-16)27-17-7-5-6-8-17;/h9-11,17H,4-8,12-13H2,1-3H3,(H2,21,23,24);1H. The number of oxazole rings is 1. The topological polar surface area (TPSA) is 84.6 Å². The lowest BCUT2D eigenvalue weighted by Gasteiger charge is -2.13. The molecule has 0 spiro atoms. The van der Waals surface area contributed by atoms with E-state index in [2.05, 4.69) is 25.6 Å². The minimum Gasteiger partial charge on any atom is -0.474 e. The van der Waals surface area contributed by atoms with Crippen LogP contribution in [0, 0.1) is 13.8 Å². The minimum absolute atomic E-state index is 0. The van der Waals surface area contributed by atoms with Gasteiger partial charge in [0.1, 0.15) is 11.9 Å². The number of nitrogens with one attached hydrogen (secondary N) is 2. The second kappa shape index (κ2) is 11.2. The number of hydrogen-bond donors (Lipinski definition) is 2. The molecule has 1 saturated carbocycles. The zero-order valence-corrected chi connectivity index (χ0v) is 19.2. The number of aliphatic imine (C=N–C) groups is 1. The van der Waals surface area contributed by atoms with Crippen molar-refractivity contribution >= 4 is 29.9 Å². The molecule has 0 aliphatic heterocycles. The van der Waals surface area contributed by atoms with Gasteiger partial charge in [-0.15, -0.1) is 24.0 Å². The lowest BCUT2D eigenvalue weighted by atomic mass is 10.2. The Bertz CT molecular complexity index is 752. The van der Waals surface area contributed by atoms with Crippen LogP contribution in [0.2, 0.25) is 0 Å². The van der Waals surface area contributed by atoms with Crippen LogP contribution >= 0.6 is 24.0 Å². The molecule has 1 fully saturated rings. The van der Waals surface area contributed by atoms with E-state index in [1.165, 1.54) is 12.8 Å². The van der Waals surface area contributed by atoms with Gasteiger partial charge < -0.3 is 19.8 Å². The Morgan fingerprint density at radius 2 is 2.07 bits per heavy atom. The van der Waals surface area contributed by atoms with Crippen LogP contribution in [0.1, 0.15) is 55.5 Å². The largest absolute Gasteiger partial charge is 0.474 e. The van der Waals surface area contributed by atoms with Crippen LogP contribution < -0.4 is 15.4 Å². The van der Waals surface area contributed by atoms with Crippen molar-refractivity contribution in [2.75, 3.05) is 6.54 Å². The van der Waals surface area contributed by atoms with Gasteiger partial charge in [0.15, 0.2) is 5.96 Å². The van der Waals surface area contributed by atoms with Crippen molar-refractivity contribution in [1.29, 1.82) is 0 Å². The number of rotatable bonds is 7. The highest BCUT2D eigenvalue weighted by atomic mass is 127. The van der Waals surface area contributed by atoms with Crippen molar-refractivity contribution in [1.82, 2.24) is 20.6 Å². The van der Waals surface area contributed by atoms with Crippen LogP contribution in [0.4, 0.5) is 0 Å². The molecule has 2 aromatic heterocycles. The highest BCUT2D eigenvalue weighted by Gasteiger charge is 2.17. The molecule has 0 unspecified atom stereocenters. The maximum Gasteiger partial charge on any atom is 0.214 e. The Hall–Kier alpha value is -1.84. The molecule has 7 nitrogen and oxygen atoms in total. The monoisotopic (exact) mass is 499 g/mol. The Morgan fingerprint density at radius 1 is 1.29 bits per heavy atom. The van der Waals surface area contributed by atoms with Crippen LogP contribution in [0.5, 0.6) is 5.88 Å². The van der Waals surface area contributed by atoms with Gasteiger partial charge in [0.25, 0.3) is 0 Å². The molecular weight excluding hydrogens is 469 g/mol. The first-order valence-electron chi connectivity index (χ1n) is 9.70. The second-order valence-electron chi connectivity index (χ2n) is 6.82. The number of aromatic nitrogens is 2. The first-order chi connectivity index (χ1) is 13.1. The molecule has 154 valence electrons. The summed E-state index contributed by atoms with van der Waals surface area (Å²) in [4.78, 5) is 13.4. The molecule has 2 N–H and O–H groups in total. The van der Waals surface area contributed by atoms with Crippen molar-refractivity contribution in [3.63, 3.8) is 0 Å². The Morgan fingerprint density at radius 3 is 2.75 bits per heavy atom. The van der Waals surface area contributed by atoms with Gasteiger partial charge in [0.2, 0.25) is 11.8 Å². The summed E-state index contributed by atoms with van der Waals surface area (Å²) in [5.41, 5.74) is 1.98. The molecule has 1 aliphatic rings. The van der Waals surface area contributed by atoms with Crippen LogP contribution in [0.3, 0.4) is 0 Å². The highest BCUT2D eigenvalue weighted by Crippen LogP contribution is 2.23. The molecule has 2 aromatic rings. The summed E-state index contributed by atoms with van der Waals surface area (Å²) in [7, 11) is 0. The molecule has 3 rings (SSSR count). The van der Waals surface area contributed by atoms with Gasteiger partial charge in [0.05, 0.1) is 18.8 Å². The number of hydrogen-bond acceptors (Lipinski definition) is 5. The number of nitrogens with zero attached hydrogens (tertiary/aromatic N) is 3. The van der Waals surface area contributed by atoms with Crippen molar-refractivity contribution in [2.24, 2.45) is 4.99 Å². The molecule has 0 amide bonds. The van der Waals surface area contributed by atoms with E-state index in [1.807, 2.05) is 32.9 Å². The van der Waals surface area contributed by atoms with E-state index in [0.29, 0.717) is 31.0 Å². The minimum atomic E-state index is 0. The first-order valence-corrected chi connectivity index (χ1v) is 9.70. The Balaban J connectivity index is 0.00000280. The average molecular weight is 499 g/mol. The van der Waals surface area contributed by atoms with E-state index < -0.39 is 0 Å². The van der Waals surface area contributed by atoms with Gasteiger partial charge in [-0.3, -0.25) is 0 Å². The quantitative estimate of drug-likeness (QED) is 0.342. The van der Waals surface area contributed by atoms with Gasteiger partial charge >= 0.3 is 0 Å². The van der Waals surface area contributed by atoms with Crippen LogP contribution in [-0.2, 0) is 13.1 Å². The fourth-order valence-electron chi connectivity index (χ4n) is 3.08. The van der Waals surface area contributed by atoms with Gasteiger partial charge in [-0.05, 0) is 58.1 Å². The summed E-state index contributed by atoms with van der Waals surface area (Å²) >= 11 is 0. The van der Waals surface area contributed by atoms with Crippen molar-refractivity contribution < 1.29 is 9.15 Å². The number of aryl methyl sites for hydroxylation is 2. The molecular formula is C20H30IN5O2. The molecule has 1 aliphatic carbocycles. The maximum atomic E-state index is 5.98. The van der Waals surface area contributed by atoms with E-state index in [9.17, 15) is 0 Å². The Kier molecular flexibility index (Phi) is 9.01. The predicted octanol–water partition coefficient (Wildman–Crippen LogP) is 3.88. The van der Waals surface area contributed by atoms with Gasteiger partial charge in [-0.2, -0.15) is 0 Å². The van der Waals surface area contributed by atoms with E-state index in [0.717, 1.165) is 42.4 Å². The summed E-state index contributed by atoms with van der Waals surface area (Å²) in [6.45, 7) is 7.71. The van der Waals surface area contributed by atoms with Crippen LogP contribution in [0.25, 0.3) is 0 Å². The zero-order chi connectivity index (χ0) is 19.1. The Labute approximate surface area is 183 Å². The second-order valence-corrected chi connectivity index (χ2v) is 6.82. The fourth-order valence-corrected chi connectivity index (χ4v) is 3.08. The maximum absolute atomic E-state index is 5.98. The molecule has 8 heteroatoms. The number of pyridine rings is 1. The summed E-state index contributed by atoms with van der Waals surface area (Å²) in [5.74, 6) is 2.92. The third-order valence-electron chi connectivity index (χ3n) is 4.63. The molecule has 0 bridgehead atoms. The predicted molar refractivity (Wildman–Crippen MR) is 120 cm³/mol. The number of guanidine groups is 1. The first kappa shape index (κ1) is 22.4.